The van der Waals surface area contributed by atoms with Gasteiger partial charge in [0.2, 0.25) is 0 Å². The van der Waals surface area contributed by atoms with Gasteiger partial charge < -0.3 is 5.32 Å². The Labute approximate surface area is 112 Å². The van der Waals surface area contributed by atoms with Gasteiger partial charge in [0.05, 0.1) is 11.7 Å². The van der Waals surface area contributed by atoms with Crippen molar-refractivity contribution in [1.29, 1.82) is 0 Å². The van der Waals surface area contributed by atoms with Crippen molar-refractivity contribution in [1.82, 2.24) is 0 Å². The van der Waals surface area contributed by atoms with E-state index in [0.29, 0.717) is 5.69 Å². The minimum atomic E-state index is -0.283. The third-order valence-electron chi connectivity index (χ3n) is 3.20. The fourth-order valence-electron chi connectivity index (χ4n) is 2.13. The highest BCUT2D eigenvalue weighted by Crippen LogP contribution is 2.27. The van der Waals surface area contributed by atoms with Crippen molar-refractivity contribution in [2.75, 3.05) is 5.32 Å². The zero-order valence-electron chi connectivity index (χ0n) is 11.1. The van der Waals surface area contributed by atoms with Crippen molar-refractivity contribution < 1.29 is 8.78 Å². The molecule has 1 nitrogen and oxygen atoms in total. The Morgan fingerprint density at radius 2 is 1.84 bits per heavy atom. The number of nitrogens with one attached hydrogen (secondary N) is 1. The van der Waals surface area contributed by atoms with E-state index < -0.39 is 0 Å². The molecule has 0 saturated carbocycles. The Morgan fingerprint density at radius 3 is 2.47 bits per heavy atom. The number of aryl methyl sites for hydroxylation is 1. The van der Waals surface area contributed by atoms with Crippen molar-refractivity contribution in [3.63, 3.8) is 0 Å². The smallest absolute Gasteiger partial charge is 0.146 e. The van der Waals surface area contributed by atoms with Crippen LogP contribution in [0.2, 0.25) is 0 Å². The zero-order chi connectivity index (χ0) is 13.8. The maximum atomic E-state index is 13.8. The Balaban J connectivity index is 2.29. The Morgan fingerprint density at radius 1 is 1.11 bits per heavy atom. The van der Waals surface area contributed by atoms with Gasteiger partial charge in [-0.15, -0.1) is 0 Å². The molecule has 0 aliphatic rings. The van der Waals surface area contributed by atoms with E-state index in [1.54, 1.807) is 12.1 Å². The Hall–Kier alpha value is -1.90. The maximum absolute atomic E-state index is 13.8. The summed E-state index contributed by atoms with van der Waals surface area (Å²) >= 11 is 0. The maximum Gasteiger partial charge on any atom is 0.146 e. The molecule has 0 bridgehead atoms. The molecule has 2 aromatic rings. The van der Waals surface area contributed by atoms with Gasteiger partial charge >= 0.3 is 0 Å². The number of anilines is 1. The van der Waals surface area contributed by atoms with Gasteiger partial charge in [0.25, 0.3) is 0 Å². The van der Waals surface area contributed by atoms with Crippen molar-refractivity contribution in [3.05, 3.63) is 65.2 Å². The van der Waals surface area contributed by atoms with Gasteiger partial charge in [-0.05, 0) is 42.7 Å². The first-order valence-electron chi connectivity index (χ1n) is 6.39. The quantitative estimate of drug-likeness (QED) is 0.830. The number of hydrogen-bond donors (Lipinski definition) is 1. The largest absolute Gasteiger partial charge is 0.376 e. The third-order valence-corrected chi connectivity index (χ3v) is 3.20. The summed E-state index contributed by atoms with van der Waals surface area (Å²) in [7, 11) is 0. The number of hydrogen-bond acceptors (Lipinski definition) is 1. The average Bonchev–Trinajstić information content (AvgIpc) is 2.38. The van der Waals surface area contributed by atoms with E-state index in [0.717, 1.165) is 17.5 Å². The fourth-order valence-corrected chi connectivity index (χ4v) is 2.13. The molecule has 3 heteroatoms. The predicted octanol–water partition coefficient (Wildman–Crippen LogP) is 4.84. The molecular formula is C16H17F2N. The first kappa shape index (κ1) is 13.5. The SMILES string of the molecule is CCC(Nc1c(C)cccc1F)c1cccc(F)c1. The second-order valence-corrected chi connectivity index (χ2v) is 4.59. The van der Waals surface area contributed by atoms with Crippen LogP contribution in [0.15, 0.2) is 42.5 Å². The molecule has 0 aliphatic heterocycles. The number of para-hydroxylation sites is 1. The summed E-state index contributed by atoms with van der Waals surface area (Å²) in [6.45, 7) is 3.84. The summed E-state index contributed by atoms with van der Waals surface area (Å²) in [6.07, 6.45) is 0.747. The molecule has 0 saturated heterocycles. The van der Waals surface area contributed by atoms with Crippen molar-refractivity contribution in [3.8, 4) is 0 Å². The van der Waals surface area contributed by atoms with Crippen LogP contribution in [-0.2, 0) is 0 Å². The van der Waals surface area contributed by atoms with Gasteiger partial charge in [-0.3, -0.25) is 0 Å². The molecule has 1 N–H and O–H groups in total. The van der Waals surface area contributed by atoms with Gasteiger partial charge in [-0.1, -0.05) is 31.2 Å². The molecule has 1 unspecified atom stereocenters. The lowest BCUT2D eigenvalue weighted by Crippen LogP contribution is -2.12. The Kier molecular flexibility index (Phi) is 4.15. The van der Waals surface area contributed by atoms with E-state index in [4.69, 9.17) is 0 Å². The van der Waals surface area contributed by atoms with Crippen LogP contribution in [0.5, 0.6) is 0 Å². The van der Waals surface area contributed by atoms with E-state index in [2.05, 4.69) is 5.32 Å². The average molecular weight is 261 g/mol. The second kappa shape index (κ2) is 5.83. The van der Waals surface area contributed by atoms with Gasteiger partial charge in [0.1, 0.15) is 11.6 Å². The highest BCUT2D eigenvalue weighted by atomic mass is 19.1. The molecule has 2 aromatic carbocycles. The molecule has 2 rings (SSSR count). The van der Waals surface area contributed by atoms with Crippen LogP contribution in [-0.4, -0.2) is 0 Å². The molecular weight excluding hydrogens is 244 g/mol. The van der Waals surface area contributed by atoms with Crippen LogP contribution in [0.3, 0.4) is 0 Å². The lowest BCUT2D eigenvalue weighted by molar-refractivity contribution is 0.614. The summed E-state index contributed by atoms with van der Waals surface area (Å²) in [4.78, 5) is 0. The van der Waals surface area contributed by atoms with E-state index in [1.165, 1.54) is 18.2 Å². The van der Waals surface area contributed by atoms with E-state index >= 15 is 0 Å². The van der Waals surface area contributed by atoms with Crippen LogP contribution in [0, 0.1) is 18.6 Å². The summed E-state index contributed by atoms with van der Waals surface area (Å²) < 4.78 is 27.1. The fraction of sp³-hybridized carbons (Fsp3) is 0.250. The van der Waals surface area contributed by atoms with E-state index in [1.807, 2.05) is 26.0 Å². The molecule has 19 heavy (non-hydrogen) atoms. The minimum absolute atomic E-state index is 0.105. The Bertz CT molecular complexity index is 546. The standard InChI is InChI=1S/C16H17F2N/c1-3-15(12-7-5-8-13(17)10-12)19-16-11(2)6-4-9-14(16)18/h4-10,15,19H,3H2,1-2H3. The van der Waals surface area contributed by atoms with Gasteiger partial charge in [-0.25, -0.2) is 8.78 Å². The molecule has 1 atom stereocenters. The first-order valence-corrected chi connectivity index (χ1v) is 6.39. The third kappa shape index (κ3) is 3.11. The highest BCUT2D eigenvalue weighted by molar-refractivity contribution is 5.53. The predicted molar refractivity (Wildman–Crippen MR) is 74.2 cm³/mol. The lowest BCUT2D eigenvalue weighted by atomic mass is 10.0. The van der Waals surface area contributed by atoms with Crippen molar-refractivity contribution in [2.24, 2.45) is 0 Å². The minimum Gasteiger partial charge on any atom is -0.376 e. The molecule has 0 heterocycles. The van der Waals surface area contributed by atoms with E-state index in [9.17, 15) is 8.78 Å². The molecule has 100 valence electrons. The van der Waals surface area contributed by atoms with Crippen molar-refractivity contribution >= 4 is 5.69 Å². The zero-order valence-corrected chi connectivity index (χ0v) is 11.1. The number of rotatable bonds is 4. The molecule has 0 aliphatic carbocycles. The van der Waals surface area contributed by atoms with Crippen LogP contribution >= 0.6 is 0 Å². The number of benzene rings is 2. The molecule has 0 aromatic heterocycles. The summed E-state index contributed by atoms with van der Waals surface area (Å²) in [5.41, 5.74) is 2.15. The van der Waals surface area contributed by atoms with Crippen LogP contribution in [0.25, 0.3) is 0 Å². The van der Waals surface area contributed by atoms with Crippen molar-refractivity contribution in [2.45, 2.75) is 26.3 Å². The summed E-state index contributed by atoms with van der Waals surface area (Å²) in [5.74, 6) is -0.558. The van der Waals surface area contributed by atoms with Crippen LogP contribution in [0.1, 0.15) is 30.5 Å². The van der Waals surface area contributed by atoms with Gasteiger partial charge in [-0.2, -0.15) is 0 Å². The molecule has 0 spiro atoms. The van der Waals surface area contributed by atoms with Crippen LogP contribution < -0.4 is 5.32 Å². The summed E-state index contributed by atoms with van der Waals surface area (Å²) in [5, 5.41) is 3.17. The van der Waals surface area contributed by atoms with Crippen LogP contribution in [0.4, 0.5) is 14.5 Å². The monoisotopic (exact) mass is 261 g/mol. The molecule has 0 radical (unpaired) electrons. The number of halogens is 2. The highest BCUT2D eigenvalue weighted by Gasteiger charge is 2.13. The summed E-state index contributed by atoms with van der Waals surface area (Å²) in [6, 6.07) is 11.3. The molecule has 0 fully saturated rings. The second-order valence-electron chi connectivity index (χ2n) is 4.59. The van der Waals surface area contributed by atoms with Gasteiger partial charge in [0.15, 0.2) is 0 Å². The normalized spacial score (nSPS) is 12.2. The first-order chi connectivity index (χ1) is 9.11. The van der Waals surface area contributed by atoms with Gasteiger partial charge in [0, 0.05) is 0 Å². The topological polar surface area (TPSA) is 12.0 Å². The lowest BCUT2D eigenvalue weighted by Gasteiger charge is -2.20. The van der Waals surface area contributed by atoms with E-state index in [-0.39, 0.29) is 17.7 Å². The molecule has 0 amide bonds.